The van der Waals surface area contributed by atoms with E-state index in [0.717, 1.165) is 32.2 Å². The molecule has 0 spiro atoms. The Morgan fingerprint density at radius 2 is 1.79 bits per heavy atom. The molecule has 0 saturated heterocycles. The molecule has 0 aliphatic carbocycles. The summed E-state index contributed by atoms with van der Waals surface area (Å²) in [6, 6.07) is 0. The summed E-state index contributed by atoms with van der Waals surface area (Å²) in [4.78, 5) is 16.7. The maximum atomic E-state index is 5.13. The van der Waals surface area contributed by atoms with Gasteiger partial charge < -0.3 is 14.5 Å². The largest absolute Gasteiger partial charge is 0.395 e. The van der Waals surface area contributed by atoms with Crippen LogP contribution in [-0.4, -0.2) is 50.9 Å². The Labute approximate surface area is 115 Å². The van der Waals surface area contributed by atoms with Crippen LogP contribution in [0.1, 0.15) is 32.6 Å². The van der Waals surface area contributed by atoms with Crippen molar-refractivity contribution in [2.75, 3.05) is 26.3 Å². The zero-order valence-corrected chi connectivity index (χ0v) is 11.8. The average Bonchev–Trinajstić information content (AvgIpc) is 2.41. The molecule has 7 heteroatoms. The van der Waals surface area contributed by atoms with E-state index in [4.69, 9.17) is 15.6 Å². The van der Waals surface area contributed by atoms with Crippen LogP contribution >= 0.6 is 0 Å². The van der Waals surface area contributed by atoms with Gasteiger partial charge in [-0.2, -0.15) is 0 Å². The van der Waals surface area contributed by atoms with Crippen LogP contribution in [0.4, 0.5) is 0 Å². The highest BCUT2D eigenvalue weighted by Gasteiger charge is 2.14. The molecule has 0 fully saturated rings. The van der Waals surface area contributed by atoms with Gasteiger partial charge in [-0.25, -0.2) is 5.90 Å². The standard InChI is InChI=1S/C12H26N4O3/c1-12(19-15-3)16(9-11-18-14-2)8-6-4-5-7-10-17-13/h12H,2-11,13H2,1H3. The molecule has 1 unspecified atom stereocenters. The summed E-state index contributed by atoms with van der Waals surface area (Å²) in [7, 11) is 0. The molecule has 0 aliphatic heterocycles. The highest BCUT2D eigenvalue weighted by atomic mass is 16.6. The van der Waals surface area contributed by atoms with Crippen molar-refractivity contribution in [2.24, 2.45) is 16.2 Å². The third-order valence-electron chi connectivity index (χ3n) is 2.76. The van der Waals surface area contributed by atoms with Crippen LogP contribution < -0.4 is 5.90 Å². The van der Waals surface area contributed by atoms with Crippen molar-refractivity contribution in [2.45, 2.75) is 38.8 Å². The molecule has 7 nitrogen and oxygen atoms in total. The molecular weight excluding hydrogens is 248 g/mol. The van der Waals surface area contributed by atoms with Crippen LogP contribution in [0.3, 0.4) is 0 Å². The van der Waals surface area contributed by atoms with Crippen molar-refractivity contribution in [1.82, 2.24) is 4.90 Å². The molecule has 0 radical (unpaired) electrons. The molecule has 0 saturated carbocycles. The topological polar surface area (TPSA) is 81.7 Å². The van der Waals surface area contributed by atoms with Crippen molar-refractivity contribution in [3.8, 4) is 0 Å². The first-order chi connectivity index (χ1) is 9.26. The zero-order chi connectivity index (χ0) is 14.3. The zero-order valence-electron chi connectivity index (χ0n) is 11.8. The highest BCUT2D eigenvalue weighted by molar-refractivity contribution is 5.21. The Kier molecular flexibility index (Phi) is 12.4. The van der Waals surface area contributed by atoms with E-state index in [-0.39, 0.29) is 6.23 Å². The van der Waals surface area contributed by atoms with E-state index in [9.17, 15) is 0 Å². The number of oxime groups is 2. The summed E-state index contributed by atoms with van der Waals surface area (Å²) in [6.45, 7) is 11.2. The number of rotatable bonds is 14. The summed E-state index contributed by atoms with van der Waals surface area (Å²) >= 11 is 0. The van der Waals surface area contributed by atoms with E-state index in [2.05, 4.69) is 33.5 Å². The lowest BCUT2D eigenvalue weighted by molar-refractivity contribution is -0.0548. The molecule has 0 heterocycles. The highest BCUT2D eigenvalue weighted by Crippen LogP contribution is 2.06. The lowest BCUT2D eigenvalue weighted by atomic mass is 10.2. The third-order valence-corrected chi connectivity index (χ3v) is 2.76. The molecule has 2 N–H and O–H groups in total. The molecule has 0 rings (SSSR count). The van der Waals surface area contributed by atoms with Gasteiger partial charge in [0.1, 0.15) is 6.61 Å². The third kappa shape index (κ3) is 10.4. The molecule has 1 atom stereocenters. The van der Waals surface area contributed by atoms with Crippen LogP contribution in [0, 0.1) is 0 Å². The van der Waals surface area contributed by atoms with Gasteiger partial charge >= 0.3 is 0 Å². The Balaban J connectivity index is 3.83. The second-order valence-electron chi connectivity index (χ2n) is 4.12. The van der Waals surface area contributed by atoms with Crippen LogP contribution in [-0.2, 0) is 14.5 Å². The SMILES string of the molecule is C=NOCCN(CCCCCCON)C(C)ON=C. The molecule has 0 aromatic rings. The lowest BCUT2D eigenvalue weighted by Gasteiger charge is -2.26. The number of hydrogen-bond acceptors (Lipinski definition) is 7. The molecule has 0 aromatic heterocycles. The van der Waals surface area contributed by atoms with Crippen molar-refractivity contribution in [3.05, 3.63) is 0 Å². The van der Waals surface area contributed by atoms with E-state index in [1.54, 1.807) is 0 Å². The predicted octanol–water partition coefficient (Wildman–Crippen LogP) is 1.35. The van der Waals surface area contributed by atoms with E-state index in [1.807, 2.05) is 6.92 Å². The minimum absolute atomic E-state index is 0.127. The number of unbranched alkanes of at least 4 members (excludes halogenated alkanes) is 3. The smallest absolute Gasteiger partial charge is 0.178 e. The first kappa shape index (κ1) is 17.8. The Hall–Kier alpha value is -1.18. The summed E-state index contributed by atoms with van der Waals surface area (Å²) in [5.41, 5.74) is 0. The summed E-state index contributed by atoms with van der Waals surface area (Å²) < 4.78 is 0. The van der Waals surface area contributed by atoms with Gasteiger partial charge in [0.15, 0.2) is 6.23 Å². The normalized spacial score (nSPS) is 12.2. The van der Waals surface area contributed by atoms with Gasteiger partial charge in [0.2, 0.25) is 0 Å². The second kappa shape index (κ2) is 13.3. The quantitative estimate of drug-likeness (QED) is 0.224. The second-order valence-corrected chi connectivity index (χ2v) is 4.12. The van der Waals surface area contributed by atoms with E-state index in [0.29, 0.717) is 19.8 Å². The van der Waals surface area contributed by atoms with Gasteiger partial charge in [-0.15, -0.1) is 10.3 Å². The van der Waals surface area contributed by atoms with Gasteiger partial charge in [-0.1, -0.05) is 12.8 Å². The van der Waals surface area contributed by atoms with Gasteiger partial charge in [0.25, 0.3) is 0 Å². The fourth-order valence-electron chi connectivity index (χ4n) is 1.73. The molecule has 0 aliphatic rings. The average molecular weight is 274 g/mol. The van der Waals surface area contributed by atoms with Crippen LogP contribution in [0.5, 0.6) is 0 Å². The van der Waals surface area contributed by atoms with Crippen LogP contribution in [0.2, 0.25) is 0 Å². The van der Waals surface area contributed by atoms with Crippen molar-refractivity contribution in [3.63, 3.8) is 0 Å². The molecule has 0 aromatic carbocycles. The van der Waals surface area contributed by atoms with Gasteiger partial charge in [0.05, 0.1) is 6.61 Å². The first-order valence-corrected chi connectivity index (χ1v) is 6.51. The van der Waals surface area contributed by atoms with Gasteiger partial charge in [-0.3, -0.25) is 4.90 Å². The molecular formula is C12H26N4O3. The number of nitrogens with two attached hydrogens (primary N) is 1. The van der Waals surface area contributed by atoms with Crippen molar-refractivity contribution < 1.29 is 14.5 Å². The monoisotopic (exact) mass is 274 g/mol. The molecule has 112 valence electrons. The van der Waals surface area contributed by atoms with E-state index >= 15 is 0 Å². The maximum Gasteiger partial charge on any atom is 0.178 e. The Morgan fingerprint density at radius 1 is 1.05 bits per heavy atom. The fraction of sp³-hybridized carbons (Fsp3) is 0.833. The van der Waals surface area contributed by atoms with E-state index in [1.165, 1.54) is 0 Å². The fourth-order valence-corrected chi connectivity index (χ4v) is 1.73. The minimum Gasteiger partial charge on any atom is -0.395 e. The summed E-state index contributed by atoms with van der Waals surface area (Å²) in [5, 5.41) is 6.82. The predicted molar refractivity (Wildman–Crippen MR) is 75.8 cm³/mol. The van der Waals surface area contributed by atoms with Crippen LogP contribution in [0.25, 0.3) is 0 Å². The number of hydrogen-bond donors (Lipinski definition) is 1. The Morgan fingerprint density at radius 3 is 2.42 bits per heavy atom. The lowest BCUT2D eigenvalue weighted by Crippen LogP contribution is -2.37. The van der Waals surface area contributed by atoms with E-state index < -0.39 is 0 Å². The van der Waals surface area contributed by atoms with Gasteiger partial charge in [0, 0.05) is 26.5 Å². The first-order valence-electron chi connectivity index (χ1n) is 6.51. The summed E-state index contributed by atoms with van der Waals surface area (Å²) in [5.74, 6) is 4.96. The van der Waals surface area contributed by atoms with Crippen molar-refractivity contribution >= 4 is 13.4 Å². The maximum absolute atomic E-state index is 5.13. The van der Waals surface area contributed by atoms with Gasteiger partial charge in [-0.05, 0) is 19.8 Å². The Bertz CT molecular complexity index is 229. The van der Waals surface area contributed by atoms with Crippen molar-refractivity contribution in [1.29, 1.82) is 0 Å². The summed E-state index contributed by atoms with van der Waals surface area (Å²) in [6.07, 6.45) is 4.15. The number of nitrogens with zero attached hydrogens (tertiary/aromatic N) is 3. The van der Waals surface area contributed by atoms with Crippen LogP contribution in [0.15, 0.2) is 10.3 Å². The molecule has 0 bridgehead atoms. The minimum atomic E-state index is -0.127. The molecule has 0 amide bonds. The molecule has 19 heavy (non-hydrogen) atoms.